The molecule has 2 aromatic carbocycles. The van der Waals surface area contributed by atoms with Crippen molar-refractivity contribution in [1.82, 2.24) is 4.90 Å². The molecule has 6 nitrogen and oxygen atoms in total. The first-order valence-corrected chi connectivity index (χ1v) is 8.05. The zero-order valence-corrected chi connectivity index (χ0v) is 14.6. The molecule has 0 atom stereocenters. The van der Waals surface area contributed by atoms with E-state index in [1.807, 2.05) is 35.2 Å². The van der Waals surface area contributed by atoms with Crippen LogP contribution in [0.1, 0.15) is 5.56 Å². The Hall–Kier alpha value is -2.57. The third kappa shape index (κ3) is 5.77. The second kappa shape index (κ2) is 9.66. The van der Waals surface area contributed by atoms with Gasteiger partial charge in [-0.1, -0.05) is 30.3 Å². The van der Waals surface area contributed by atoms with Crippen molar-refractivity contribution < 1.29 is 19.4 Å². The standard InChI is InChI=1S/C19H24N2O4/c1-24-17-9-8-16(12-18(17)25-2)20-19(23)14-21(10-11-22)13-15-6-4-3-5-7-15/h3-9,12,22H,10-11,13-14H2,1-2H3,(H,20,23). The SMILES string of the molecule is COc1ccc(NC(=O)CN(CCO)Cc2ccccc2)cc1OC. The Bertz CT molecular complexity index is 676. The van der Waals surface area contributed by atoms with Crippen LogP contribution < -0.4 is 14.8 Å². The highest BCUT2D eigenvalue weighted by atomic mass is 16.5. The van der Waals surface area contributed by atoms with E-state index in [0.29, 0.717) is 30.3 Å². The molecule has 0 fully saturated rings. The maximum Gasteiger partial charge on any atom is 0.238 e. The Morgan fingerprint density at radius 3 is 2.44 bits per heavy atom. The third-order valence-corrected chi connectivity index (χ3v) is 3.70. The van der Waals surface area contributed by atoms with Crippen LogP contribution in [-0.4, -0.2) is 49.8 Å². The number of amides is 1. The Balaban J connectivity index is 1.98. The van der Waals surface area contributed by atoms with E-state index in [9.17, 15) is 9.90 Å². The van der Waals surface area contributed by atoms with E-state index in [0.717, 1.165) is 5.56 Å². The number of aliphatic hydroxyl groups is 1. The summed E-state index contributed by atoms with van der Waals surface area (Å²) in [5, 5.41) is 12.1. The maximum atomic E-state index is 12.3. The Morgan fingerprint density at radius 1 is 1.08 bits per heavy atom. The van der Waals surface area contributed by atoms with E-state index in [1.54, 1.807) is 32.4 Å². The molecule has 0 saturated carbocycles. The number of carbonyl (C=O) groups excluding carboxylic acids is 1. The Kier molecular flexibility index (Phi) is 7.25. The van der Waals surface area contributed by atoms with Crippen molar-refractivity contribution in [2.24, 2.45) is 0 Å². The highest BCUT2D eigenvalue weighted by Gasteiger charge is 2.12. The molecule has 0 aromatic heterocycles. The number of rotatable bonds is 9. The summed E-state index contributed by atoms with van der Waals surface area (Å²) in [5.41, 5.74) is 1.72. The number of ether oxygens (including phenoxy) is 2. The van der Waals surface area contributed by atoms with E-state index < -0.39 is 0 Å². The molecule has 0 spiro atoms. The number of hydrogen-bond donors (Lipinski definition) is 2. The highest BCUT2D eigenvalue weighted by Crippen LogP contribution is 2.29. The second-order valence-electron chi connectivity index (χ2n) is 5.54. The van der Waals surface area contributed by atoms with Crippen molar-refractivity contribution in [2.45, 2.75) is 6.54 Å². The van der Waals surface area contributed by atoms with Gasteiger partial charge in [-0.05, 0) is 17.7 Å². The first-order chi connectivity index (χ1) is 12.2. The van der Waals surface area contributed by atoms with Gasteiger partial charge in [-0.2, -0.15) is 0 Å². The van der Waals surface area contributed by atoms with Crippen LogP contribution in [0.15, 0.2) is 48.5 Å². The molecule has 2 rings (SSSR count). The van der Waals surface area contributed by atoms with Crippen LogP contribution in [0.25, 0.3) is 0 Å². The average molecular weight is 344 g/mol. The molecule has 6 heteroatoms. The number of aliphatic hydroxyl groups excluding tert-OH is 1. The first-order valence-electron chi connectivity index (χ1n) is 8.05. The monoisotopic (exact) mass is 344 g/mol. The van der Waals surface area contributed by atoms with Crippen molar-refractivity contribution in [3.8, 4) is 11.5 Å². The summed E-state index contributed by atoms with van der Waals surface area (Å²) in [6, 6.07) is 15.1. The summed E-state index contributed by atoms with van der Waals surface area (Å²) in [7, 11) is 3.11. The van der Waals surface area contributed by atoms with Crippen LogP contribution >= 0.6 is 0 Å². The van der Waals surface area contributed by atoms with Gasteiger partial charge in [-0.3, -0.25) is 9.69 Å². The van der Waals surface area contributed by atoms with Gasteiger partial charge in [-0.15, -0.1) is 0 Å². The number of nitrogens with one attached hydrogen (secondary N) is 1. The van der Waals surface area contributed by atoms with E-state index in [4.69, 9.17) is 9.47 Å². The van der Waals surface area contributed by atoms with Gasteiger partial charge in [0.05, 0.1) is 27.4 Å². The van der Waals surface area contributed by atoms with Gasteiger partial charge >= 0.3 is 0 Å². The van der Waals surface area contributed by atoms with E-state index in [-0.39, 0.29) is 19.1 Å². The van der Waals surface area contributed by atoms with Gasteiger partial charge in [0, 0.05) is 24.8 Å². The normalized spacial score (nSPS) is 10.6. The van der Waals surface area contributed by atoms with Crippen molar-refractivity contribution >= 4 is 11.6 Å². The number of methoxy groups -OCH3 is 2. The van der Waals surface area contributed by atoms with Gasteiger partial charge in [0.2, 0.25) is 5.91 Å². The molecule has 1 amide bonds. The lowest BCUT2D eigenvalue weighted by molar-refractivity contribution is -0.117. The smallest absolute Gasteiger partial charge is 0.238 e. The number of hydrogen-bond acceptors (Lipinski definition) is 5. The zero-order valence-electron chi connectivity index (χ0n) is 14.6. The van der Waals surface area contributed by atoms with Crippen LogP contribution in [0, 0.1) is 0 Å². The van der Waals surface area contributed by atoms with Crippen LogP contribution in [0.4, 0.5) is 5.69 Å². The van der Waals surface area contributed by atoms with E-state index in [1.165, 1.54) is 0 Å². The fourth-order valence-corrected chi connectivity index (χ4v) is 2.51. The van der Waals surface area contributed by atoms with Crippen LogP contribution in [-0.2, 0) is 11.3 Å². The number of carbonyl (C=O) groups is 1. The minimum atomic E-state index is -0.156. The first kappa shape index (κ1) is 18.8. The molecule has 25 heavy (non-hydrogen) atoms. The lowest BCUT2D eigenvalue weighted by Gasteiger charge is -2.21. The Morgan fingerprint density at radius 2 is 1.80 bits per heavy atom. The molecule has 0 aliphatic heterocycles. The summed E-state index contributed by atoms with van der Waals surface area (Å²) < 4.78 is 10.4. The molecule has 0 aliphatic rings. The fraction of sp³-hybridized carbons (Fsp3) is 0.316. The van der Waals surface area contributed by atoms with Crippen LogP contribution in [0.5, 0.6) is 11.5 Å². The molecule has 0 heterocycles. The van der Waals surface area contributed by atoms with Gasteiger partial charge in [-0.25, -0.2) is 0 Å². The molecule has 0 unspecified atom stereocenters. The van der Waals surface area contributed by atoms with Crippen molar-refractivity contribution in [2.75, 3.05) is 39.2 Å². The fourth-order valence-electron chi connectivity index (χ4n) is 2.51. The highest BCUT2D eigenvalue weighted by molar-refractivity contribution is 5.92. The molecule has 0 bridgehead atoms. The molecule has 0 radical (unpaired) electrons. The molecular weight excluding hydrogens is 320 g/mol. The van der Waals surface area contributed by atoms with Gasteiger partial charge in [0.15, 0.2) is 11.5 Å². The lowest BCUT2D eigenvalue weighted by atomic mass is 10.2. The quantitative estimate of drug-likeness (QED) is 0.729. The van der Waals surface area contributed by atoms with Gasteiger partial charge in [0.1, 0.15) is 0 Å². The molecule has 0 saturated heterocycles. The lowest BCUT2D eigenvalue weighted by Crippen LogP contribution is -2.34. The molecule has 2 N–H and O–H groups in total. The number of anilines is 1. The van der Waals surface area contributed by atoms with E-state index >= 15 is 0 Å². The minimum absolute atomic E-state index is 0.00350. The van der Waals surface area contributed by atoms with Crippen LogP contribution in [0.3, 0.4) is 0 Å². The van der Waals surface area contributed by atoms with Gasteiger partial charge in [0.25, 0.3) is 0 Å². The summed E-state index contributed by atoms with van der Waals surface area (Å²) in [6.45, 7) is 1.20. The Labute approximate surface area is 148 Å². The van der Waals surface area contributed by atoms with E-state index in [2.05, 4.69) is 5.32 Å². The molecule has 0 aliphatic carbocycles. The predicted molar refractivity (Wildman–Crippen MR) is 97.0 cm³/mol. The minimum Gasteiger partial charge on any atom is -0.493 e. The van der Waals surface area contributed by atoms with Crippen molar-refractivity contribution in [3.05, 3.63) is 54.1 Å². The summed E-state index contributed by atoms with van der Waals surface area (Å²) >= 11 is 0. The number of nitrogens with zero attached hydrogens (tertiary/aromatic N) is 1. The summed E-state index contributed by atoms with van der Waals surface area (Å²) in [5.74, 6) is 1.000. The molecule has 2 aromatic rings. The summed E-state index contributed by atoms with van der Waals surface area (Å²) in [6.07, 6.45) is 0. The van der Waals surface area contributed by atoms with Crippen molar-refractivity contribution in [1.29, 1.82) is 0 Å². The average Bonchev–Trinajstić information content (AvgIpc) is 2.62. The molecular formula is C19H24N2O4. The predicted octanol–water partition coefficient (Wildman–Crippen LogP) is 2.14. The largest absolute Gasteiger partial charge is 0.493 e. The van der Waals surface area contributed by atoms with Gasteiger partial charge < -0.3 is 19.9 Å². The van der Waals surface area contributed by atoms with Crippen LogP contribution in [0.2, 0.25) is 0 Å². The number of benzene rings is 2. The molecule has 134 valence electrons. The maximum absolute atomic E-state index is 12.3. The van der Waals surface area contributed by atoms with Crippen molar-refractivity contribution in [3.63, 3.8) is 0 Å². The third-order valence-electron chi connectivity index (χ3n) is 3.70. The topological polar surface area (TPSA) is 71.0 Å². The zero-order chi connectivity index (χ0) is 18.1. The second-order valence-corrected chi connectivity index (χ2v) is 5.54. The summed E-state index contributed by atoms with van der Waals surface area (Å²) in [4.78, 5) is 14.2.